The molecule has 5 atom stereocenters. The number of nitrogens with zero attached hydrogens (tertiary/aromatic N) is 3. The Kier molecular flexibility index (Phi) is 8.54. The molecule has 3 rings (SSSR count). The Bertz CT molecular complexity index is 620. The molecule has 9 nitrogen and oxygen atoms in total. The van der Waals surface area contributed by atoms with E-state index in [9.17, 15) is 9.59 Å². The van der Waals surface area contributed by atoms with Gasteiger partial charge >= 0.3 is 5.97 Å². The van der Waals surface area contributed by atoms with Crippen molar-refractivity contribution in [1.82, 2.24) is 20.6 Å². The predicted molar refractivity (Wildman–Crippen MR) is 103 cm³/mol. The summed E-state index contributed by atoms with van der Waals surface area (Å²) in [6, 6.07) is 0. The van der Waals surface area contributed by atoms with Crippen LogP contribution < -0.4 is 0 Å². The van der Waals surface area contributed by atoms with Crippen LogP contribution >= 0.6 is 0 Å². The highest BCUT2D eigenvalue weighted by molar-refractivity contribution is 5.66. The van der Waals surface area contributed by atoms with Gasteiger partial charge in [-0.25, -0.2) is 0 Å². The molecule has 1 unspecified atom stereocenters. The van der Waals surface area contributed by atoms with Gasteiger partial charge in [-0.05, 0) is 32.1 Å². The Morgan fingerprint density at radius 1 is 1.24 bits per heavy atom. The number of rotatable bonds is 11. The average molecular weight is 408 g/mol. The van der Waals surface area contributed by atoms with Gasteiger partial charge in [-0.15, -0.1) is 10.2 Å². The summed E-state index contributed by atoms with van der Waals surface area (Å²) in [6.45, 7) is 2.12. The molecule has 1 aliphatic heterocycles. The van der Waals surface area contributed by atoms with Gasteiger partial charge in [-0.1, -0.05) is 24.5 Å². The molecule has 1 saturated heterocycles. The lowest BCUT2D eigenvalue weighted by atomic mass is 9.89. The van der Waals surface area contributed by atoms with Crippen LogP contribution in [0.4, 0.5) is 0 Å². The summed E-state index contributed by atoms with van der Waals surface area (Å²) in [4.78, 5) is 23.5. The predicted octanol–water partition coefficient (Wildman–Crippen LogP) is 2.37. The van der Waals surface area contributed by atoms with Crippen molar-refractivity contribution in [3.05, 3.63) is 5.82 Å². The van der Waals surface area contributed by atoms with E-state index in [2.05, 4.69) is 20.6 Å². The fourth-order valence-electron chi connectivity index (χ4n) is 4.46. The minimum Gasteiger partial charge on any atom is -0.462 e. The van der Waals surface area contributed by atoms with Crippen molar-refractivity contribution in [3.63, 3.8) is 0 Å². The number of carbonyl (C=O) groups is 2. The summed E-state index contributed by atoms with van der Waals surface area (Å²) in [5, 5.41) is 13.9. The van der Waals surface area contributed by atoms with Gasteiger partial charge in [0, 0.05) is 38.2 Å². The summed E-state index contributed by atoms with van der Waals surface area (Å²) in [6.07, 6.45) is 9.48. The fourth-order valence-corrected chi connectivity index (χ4v) is 4.46. The van der Waals surface area contributed by atoms with E-state index in [0.717, 1.165) is 69.9 Å². The number of H-pyrrole nitrogens is 1. The summed E-state index contributed by atoms with van der Waals surface area (Å²) in [7, 11) is 0. The smallest absolute Gasteiger partial charge is 0.302 e. The molecule has 1 aliphatic carbocycles. The zero-order valence-corrected chi connectivity index (χ0v) is 17.1. The third-order valence-corrected chi connectivity index (χ3v) is 5.88. The van der Waals surface area contributed by atoms with Crippen LogP contribution in [0.25, 0.3) is 0 Å². The van der Waals surface area contributed by atoms with Crippen LogP contribution in [0.3, 0.4) is 0 Å². The van der Waals surface area contributed by atoms with Crippen molar-refractivity contribution in [2.24, 2.45) is 11.8 Å². The molecule has 2 heterocycles. The maximum Gasteiger partial charge on any atom is 0.302 e. The summed E-state index contributed by atoms with van der Waals surface area (Å²) in [5.41, 5.74) is 0. The molecule has 0 bridgehead atoms. The number of aryl methyl sites for hydroxylation is 1. The second kappa shape index (κ2) is 11.3. The SMILES string of the molecule is CC(=O)O[C@H]1C[C@@H](OC2CCCCO2)[C@H](C=O)[C@H]1CCCCCCc1nn[nH]n1. The maximum atomic E-state index is 11.9. The van der Waals surface area contributed by atoms with E-state index < -0.39 is 0 Å². The lowest BCUT2D eigenvalue weighted by Crippen LogP contribution is -2.32. The van der Waals surface area contributed by atoms with Gasteiger partial charge < -0.3 is 19.0 Å². The first-order valence-corrected chi connectivity index (χ1v) is 10.8. The first-order chi connectivity index (χ1) is 14.2. The van der Waals surface area contributed by atoms with Gasteiger partial charge in [0.1, 0.15) is 12.4 Å². The molecular weight excluding hydrogens is 376 g/mol. The van der Waals surface area contributed by atoms with Crippen LogP contribution in [0.1, 0.15) is 70.5 Å². The number of aldehydes is 1. The van der Waals surface area contributed by atoms with Crippen LogP contribution in [0.15, 0.2) is 0 Å². The van der Waals surface area contributed by atoms with Crippen molar-refractivity contribution < 1.29 is 23.8 Å². The molecular formula is C20H32N4O5. The van der Waals surface area contributed by atoms with Crippen LogP contribution in [0.2, 0.25) is 0 Å². The Morgan fingerprint density at radius 2 is 2.10 bits per heavy atom. The summed E-state index contributed by atoms with van der Waals surface area (Å²) >= 11 is 0. The number of aromatic nitrogens is 4. The Hall–Kier alpha value is -1.87. The highest BCUT2D eigenvalue weighted by Crippen LogP contribution is 2.39. The molecule has 2 fully saturated rings. The van der Waals surface area contributed by atoms with Crippen molar-refractivity contribution >= 4 is 12.3 Å². The minimum absolute atomic E-state index is 0.00203. The van der Waals surface area contributed by atoms with Crippen LogP contribution in [0, 0.1) is 11.8 Å². The van der Waals surface area contributed by atoms with Gasteiger partial charge in [-0.3, -0.25) is 4.79 Å². The van der Waals surface area contributed by atoms with Gasteiger partial charge in [0.15, 0.2) is 12.1 Å². The van der Waals surface area contributed by atoms with Crippen molar-refractivity contribution in [3.8, 4) is 0 Å². The number of esters is 1. The maximum absolute atomic E-state index is 11.9. The molecule has 0 spiro atoms. The van der Waals surface area contributed by atoms with Gasteiger partial charge in [0.2, 0.25) is 0 Å². The van der Waals surface area contributed by atoms with E-state index in [1.54, 1.807) is 0 Å². The number of nitrogens with one attached hydrogen (secondary N) is 1. The molecule has 0 radical (unpaired) electrons. The third-order valence-electron chi connectivity index (χ3n) is 5.88. The molecule has 1 N–H and O–H groups in total. The number of aromatic amines is 1. The molecule has 162 valence electrons. The molecule has 1 aromatic heterocycles. The van der Waals surface area contributed by atoms with Gasteiger partial charge in [-0.2, -0.15) is 5.21 Å². The van der Waals surface area contributed by atoms with Crippen molar-refractivity contribution in [2.75, 3.05) is 6.61 Å². The summed E-state index contributed by atoms with van der Waals surface area (Å²) in [5.74, 6) is 0.174. The van der Waals surface area contributed by atoms with Crippen LogP contribution in [-0.4, -0.2) is 58.0 Å². The summed E-state index contributed by atoms with van der Waals surface area (Å²) < 4.78 is 17.4. The van der Waals surface area contributed by atoms with Crippen molar-refractivity contribution in [1.29, 1.82) is 0 Å². The number of ether oxygens (including phenoxy) is 3. The topological polar surface area (TPSA) is 116 Å². The average Bonchev–Trinajstić information content (AvgIpc) is 3.33. The fraction of sp³-hybridized carbons (Fsp3) is 0.850. The number of carbonyl (C=O) groups excluding carboxylic acids is 2. The molecule has 2 aliphatic rings. The molecule has 1 aromatic rings. The van der Waals surface area contributed by atoms with E-state index in [-0.39, 0.29) is 36.3 Å². The van der Waals surface area contributed by atoms with Gasteiger partial charge in [0.05, 0.1) is 6.10 Å². The lowest BCUT2D eigenvalue weighted by Gasteiger charge is -2.28. The quantitative estimate of drug-likeness (QED) is 0.337. The molecule has 29 heavy (non-hydrogen) atoms. The van der Waals surface area contributed by atoms with E-state index in [4.69, 9.17) is 14.2 Å². The monoisotopic (exact) mass is 408 g/mol. The number of hydrogen-bond acceptors (Lipinski definition) is 8. The Balaban J connectivity index is 1.47. The second-order valence-corrected chi connectivity index (χ2v) is 8.01. The van der Waals surface area contributed by atoms with E-state index in [0.29, 0.717) is 13.0 Å². The standard InChI is InChI=1S/C20H32N4O5/c1-14(26)28-17-12-18(29-20-10-6-7-11-27-20)16(13-25)15(17)8-4-2-3-5-9-19-21-23-24-22-19/h13,15-18,20H,2-12H2,1H3,(H,21,22,23,24)/t15-,16-,17+,18-,20?/m1/s1. The van der Waals surface area contributed by atoms with E-state index >= 15 is 0 Å². The van der Waals surface area contributed by atoms with Crippen LogP contribution in [-0.2, 0) is 30.2 Å². The first-order valence-electron chi connectivity index (χ1n) is 10.8. The number of unbranched alkanes of at least 4 members (excludes halogenated alkanes) is 3. The van der Waals surface area contributed by atoms with E-state index in [1.807, 2.05) is 0 Å². The molecule has 1 saturated carbocycles. The third kappa shape index (κ3) is 6.57. The number of tetrazole rings is 1. The zero-order chi connectivity index (χ0) is 20.5. The first kappa shape index (κ1) is 21.8. The lowest BCUT2D eigenvalue weighted by molar-refractivity contribution is -0.195. The highest BCUT2D eigenvalue weighted by Gasteiger charge is 2.46. The van der Waals surface area contributed by atoms with E-state index in [1.165, 1.54) is 6.92 Å². The largest absolute Gasteiger partial charge is 0.462 e. The molecule has 9 heteroatoms. The van der Waals surface area contributed by atoms with Gasteiger partial charge in [0.25, 0.3) is 0 Å². The normalized spacial score (nSPS) is 29.6. The Labute approximate surface area is 171 Å². The zero-order valence-electron chi connectivity index (χ0n) is 17.1. The minimum atomic E-state index is -0.306. The molecule has 0 aromatic carbocycles. The van der Waals surface area contributed by atoms with Crippen LogP contribution in [0.5, 0.6) is 0 Å². The second-order valence-electron chi connectivity index (χ2n) is 8.01. The number of hydrogen-bond donors (Lipinski definition) is 1. The Morgan fingerprint density at radius 3 is 2.79 bits per heavy atom. The van der Waals surface area contributed by atoms with Crippen molar-refractivity contribution in [2.45, 2.75) is 89.6 Å². The highest BCUT2D eigenvalue weighted by atomic mass is 16.7. The molecule has 0 amide bonds.